The Morgan fingerprint density at radius 3 is 2.65 bits per heavy atom. The van der Waals surface area contributed by atoms with Crippen molar-refractivity contribution in [2.45, 2.75) is 76.9 Å². The maximum absolute atomic E-state index is 12.3. The van der Waals surface area contributed by atoms with Crippen LogP contribution in [0.15, 0.2) is 42.6 Å². The molecule has 1 N–H and O–H groups in total. The molecule has 1 saturated carbocycles. The van der Waals surface area contributed by atoms with E-state index >= 15 is 0 Å². The molecule has 2 aromatic heterocycles. The van der Waals surface area contributed by atoms with Gasteiger partial charge in [0, 0.05) is 36.2 Å². The molecule has 0 spiro atoms. The third kappa shape index (κ3) is 6.24. The summed E-state index contributed by atoms with van der Waals surface area (Å²) in [5, 5.41) is 13.0. The van der Waals surface area contributed by atoms with Crippen LogP contribution < -0.4 is 10.1 Å². The second-order valence-corrected chi connectivity index (χ2v) is 11.4. The van der Waals surface area contributed by atoms with Gasteiger partial charge in [-0.2, -0.15) is 0 Å². The molecule has 1 aromatic carbocycles. The Labute approximate surface area is 222 Å². The van der Waals surface area contributed by atoms with E-state index in [1.54, 1.807) is 6.20 Å². The van der Waals surface area contributed by atoms with Crippen LogP contribution >= 0.6 is 11.6 Å². The standard InChI is InChI=1S/C28H34ClN5O3/c1-28(2,3)37-27(35)31-17-18-14-20-16-21(29)9-12-23(20)34-24(15-18)32-33-26(34)19-7-10-22(11-8-19)36-25-6-4-5-13-30-25/h4-6,9,12-13,16,18-19,22H,7-8,10-11,14-15,17H2,1-3H3,(H,31,35)/t18-,19-,22-/m1/s1. The molecule has 3 heterocycles. The van der Waals surface area contributed by atoms with E-state index in [2.05, 4.69) is 31.1 Å². The molecule has 2 aliphatic rings. The maximum atomic E-state index is 12.3. The number of benzene rings is 1. The van der Waals surface area contributed by atoms with Crippen LogP contribution in [0.3, 0.4) is 0 Å². The van der Waals surface area contributed by atoms with Crippen molar-refractivity contribution in [3.05, 3.63) is 64.8 Å². The van der Waals surface area contributed by atoms with Crippen LogP contribution in [0.25, 0.3) is 5.69 Å². The number of amides is 1. The van der Waals surface area contributed by atoms with Crippen LogP contribution in [-0.4, -0.2) is 44.1 Å². The molecule has 0 radical (unpaired) electrons. The summed E-state index contributed by atoms with van der Waals surface area (Å²) in [7, 11) is 0. The monoisotopic (exact) mass is 523 g/mol. The third-order valence-electron chi connectivity index (χ3n) is 6.92. The Morgan fingerprint density at radius 1 is 1.11 bits per heavy atom. The summed E-state index contributed by atoms with van der Waals surface area (Å²) in [6.45, 7) is 6.06. The number of pyridine rings is 1. The lowest BCUT2D eigenvalue weighted by Crippen LogP contribution is -2.36. The van der Waals surface area contributed by atoms with Gasteiger partial charge in [0.1, 0.15) is 23.4 Å². The lowest BCUT2D eigenvalue weighted by atomic mass is 9.86. The van der Waals surface area contributed by atoms with Gasteiger partial charge in [0.25, 0.3) is 0 Å². The molecule has 1 amide bonds. The Hall–Kier alpha value is -3.13. The van der Waals surface area contributed by atoms with Crippen LogP contribution in [-0.2, 0) is 17.6 Å². The highest BCUT2D eigenvalue weighted by Gasteiger charge is 2.32. The van der Waals surface area contributed by atoms with Crippen molar-refractivity contribution >= 4 is 17.7 Å². The molecular weight excluding hydrogens is 490 g/mol. The highest BCUT2D eigenvalue weighted by molar-refractivity contribution is 6.30. The number of hydrogen-bond acceptors (Lipinski definition) is 6. The van der Waals surface area contributed by atoms with Gasteiger partial charge in [-0.15, -0.1) is 10.2 Å². The summed E-state index contributed by atoms with van der Waals surface area (Å²) in [5.41, 5.74) is 1.67. The van der Waals surface area contributed by atoms with Crippen LogP contribution in [0.5, 0.6) is 5.88 Å². The molecule has 37 heavy (non-hydrogen) atoms. The van der Waals surface area contributed by atoms with E-state index in [1.807, 2.05) is 51.1 Å². The van der Waals surface area contributed by atoms with E-state index in [9.17, 15) is 4.79 Å². The molecule has 8 nitrogen and oxygen atoms in total. The predicted octanol–water partition coefficient (Wildman–Crippen LogP) is 5.66. The zero-order chi connectivity index (χ0) is 26.0. The van der Waals surface area contributed by atoms with Gasteiger partial charge in [0.2, 0.25) is 5.88 Å². The Kier molecular flexibility index (Phi) is 7.38. The maximum Gasteiger partial charge on any atom is 0.407 e. The Balaban J connectivity index is 1.33. The lowest BCUT2D eigenvalue weighted by molar-refractivity contribution is 0.0519. The first-order valence-electron chi connectivity index (χ1n) is 13.0. The van der Waals surface area contributed by atoms with Crippen LogP contribution in [0, 0.1) is 5.92 Å². The van der Waals surface area contributed by atoms with Crippen molar-refractivity contribution < 1.29 is 14.3 Å². The SMILES string of the molecule is CC(C)(C)OC(=O)NC[C@@H]1Cc2cc(Cl)ccc2-n2c(nnc2[C@H]2CC[C@H](Oc3ccccn3)CC2)C1. The fraction of sp³-hybridized carbons (Fsp3) is 0.500. The zero-order valence-corrected chi connectivity index (χ0v) is 22.4. The summed E-state index contributed by atoms with van der Waals surface area (Å²) in [5.74, 6) is 3.03. The first-order chi connectivity index (χ1) is 17.7. The number of ether oxygens (including phenoxy) is 2. The number of aromatic nitrogens is 4. The first-order valence-corrected chi connectivity index (χ1v) is 13.4. The topological polar surface area (TPSA) is 91.2 Å². The lowest BCUT2D eigenvalue weighted by Gasteiger charge is -2.28. The second-order valence-electron chi connectivity index (χ2n) is 11.0. The van der Waals surface area contributed by atoms with Gasteiger partial charge in [-0.1, -0.05) is 17.7 Å². The van der Waals surface area contributed by atoms with E-state index in [0.29, 0.717) is 29.8 Å². The van der Waals surface area contributed by atoms with Gasteiger partial charge in [-0.25, -0.2) is 9.78 Å². The fourth-order valence-corrected chi connectivity index (χ4v) is 5.47. The predicted molar refractivity (Wildman–Crippen MR) is 141 cm³/mol. The fourth-order valence-electron chi connectivity index (χ4n) is 5.28. The Bertz CT molecular complexity index is 1230. The number of rotatable bonds is 5. The van der Waals surface area contributed by atoms with E-state index in [4.69, 9.17) is 21.1 Å². The highest BCUT2D eigenvalue weighted by atomic mass is 35.5. The van der Waals surface area contributed by atoms with Crippen molar-refractivity contribution in [2.24, 2.45) is 5.92 Å². The zero-order valence-electron chi connectivity index (χ0n) is 21.6. The summed E-state index contributed by atoms with van der Waals surface area (Å²) >= 11 is 6.40. The van der Waals surface area contributed by atoms with Crippen molar-refractivity contribution in [3.8, 4) is 11.6 Å². The summed E-state index contributed by atoms with van der Waals surface area (Å²) in [6, 6.07) is 11.7. The largest absolute Gasteiger partial charge is 0.474 e. The van der Waals surface area contributed by atoms with Crippen molar-refractivity contribution in [1.29, 1.82) is 0 Å². The number of nitrogens with one attached hydrogen (secondary N) is 1. The number of nitrogens with zero attached hydrogens (tertiary/aromatic N) is 4. The molecular formula is C28H34ClN5O3. The number of hydrogen-bond donors (Lipinski definition) is 1. The van der Waals surface area contributed by atoms with Gasteiger partial charge in [0.15, 0.2) is 0 Å². The molecule has 0 bridgehead atoms. The number of carbonyl (C=O) groups excluding carboxylic acids is 1. The second kappa shape index (κ2) is 10.7. The van der Waals surface area contributed by atoms with Gasteiger partial charge in [0.05, 0.1) is 5.69 Å². The number of alkyl carbamates (subject to hydrolysis) is 1. The smallest absolute Gasteiger partial charge is 0.407 e. The minimum absolute atomic E-state index is 0.144. The Morgan fingerprint density at radius 2 is 1.92 bits per heavy atom. The van der Waals surface area contributed by atoms with E-state index in [-0.39, 0.29) is 12.0 Å². The molecule has 1 aliphatic heterocycles. The molecule has 0 saturated heterocycles. The van der Waals surface area contributed by atoms with Gasteiger partial charge in [-0.3, -0.25) is 4.57 Å². The van der Waals surface area contributed by atoms with Crippen molar-refractivity contribution in [2.75, 3.05) is 6.54 Å². The average molecular weight is 524 g/mol. The molecule has 9 heteroatoms. The molecule has 5 rings (SSSR count). The molecule has 1 aliphatic carbocycles. The normalized spacial score (nSPS) is 21.4. The number of fused-ring (bicyclic) bond motifs is 3. The molecule has 0 unspecified atom stereocenters. The van der Waals surface area contributed by atoms with Gasteiger partial charge >= 0.3 is 6.09 Å². The molecule has 1 atom stereocenters. The highest BCUT2D eigenvalue weighted by Crippen LogP contribution is 2.37. The summed E-state index contributed by atoms with van der Waals surface area (Å²) in [6.07, 6.45) is 6.82. The first kappa shape index (κ1) is 25.5. The minimum atomic E-state index is -0.537. The average Bonchev–Trinajstić information content (AvgIpc) is 3.19. The number of halogens is 1. The number of carbonyl (C=O) groups is 1. The van der Waals surface area contributed by atoms with Crippen LogP contribution in [0.4, 0.5) is 4.79 Å². The molecule has 196 valence electrons. The van der Waals surface area contributed by atoms with E-state index < -0.39 is 11.7 Å². The molecule has 1 fully saturated rings. The van der Waals surface area contributed by atoms with E-state index in [1.165, 1.54) is 0 Å². The van der Waals surface area contributed by atoms with E-state index in [0.717, 1.165) is 55.0 Å². The molecule has 3 aromatic rings. The van der Waals surface area contributed by atoms with Crippen molar-refractivity contribution in [3.63, 3.8) is 0 Å². The quantitative estimate of drug-likeness (QED) is 0.464. The summed E-state index contributed by atoms with van der Waals surface area (Å²) < 4.78 is 13.8. The van der Waals surface area contributed by atoms with Gasteiger partial charge < -0.3 is 14.8 Å². The van der Waals surface area contributed by atoms with Gasteiger partial charge in [-0.05, 0) is 88.6 Å². The van der Waals surface area contributed by atoms with Crippen LogP contribution in [0.1, 0.15) is 69.6 Å². The minimum Gasteiger partial charge on any atom is -0.474 e. The third-order valence-corrected chi connectivity index (χ3v) is 7.15. The summed E-state index contributed by atoms with van der Waals surface area (Å²) in [4.78, 5) is 16.6. The van der Waals surface area contributed by atoms with Crippen LogP contribution in [0.2, 0.25) is 5.02 Å². The van der Waals surface area contributed by atoms with Crippen molar-refractivity contribution in [1.82, 2.24) is 25.1 Å².